The summed E-state index contributed by atoms with van der Waals surface area (Å²) in [5.41, 5.74) is 2.08. The van der Waals surface area contributed by atoms with Crippen LogP contribution in [0.3, 0.4) is 0 Å². The fourth-order valence-electron chi connectivity index (χ4n) is 2.30. The van der Waals surface area contributed by atoms with E-state index in [1.54, 1.807) is 53.5 Å². The fraction of sp³-hybridized carbons (Fsp3) is 0.111. The largest absolute Gasteiger partial charge is 0.423 e. The average molecular weight is 340 g/mol. The van der Waals surface area contributed by atoms with Crippen molar-refractivity contribution in [2.75, 3.05) is 6.26 Å². The van der Waals surface area contributed by atoms with Gasteiger partial charge in [0.1, 0.15) is 5.75 Å². The van der Waals surface area contributed by atoms with Crippen molar-refractivity contribution in [1.82, 2.24) is 9.78 Å². The van der Waals surface area contributed by atoms with E-state index in [2.05, 4.69) is 5.10 Å². The molecule has 0 unspecified atom stereocenters. The Kier molecular flexibility index (Phi) is 4.86. The van der Waals surface area contributed by atoms with Gasteiger partial charge in [-0.2, -0.15) is 5.10 Å². The van der Waals surface area contributed by atoms with E-state index in [1.807, 2.05) is 24.4 Å². The molecule has 1 aromatic heterocycles. The summed E-state index contributed by atoms with van der Waals surface area (Å²) in [7, 11) is -0.958. The minimum absolute atomic E-state index is 0.413. The van der Waals surface area contributed by atoms with Crippen LogP contribution in [-0.4, -0.2) is 26.2 Å². The van der Waals surface area contributed by atoms with Crippen molar-refractivity contribution in [2.24, 2.45) is 0 Å². The standard InChI is InChI=1S/C18H16N2O3S/c1-24(22)13-14-5-2-6-15(11-14)18(21)23-17-8-3-7-16(12-17)20-10-4-9-19-20/h2-12H,13H2,1H3/t24-/m1/s1. The molecule has 0 aliphatic heterocycles. The van der Waals surface area contributed by atoms with Crippen molar-refractivity contribution < 1.29 is 13.7 Å². The molecule has 5 nitrogen and oxygen atoms in total. The summed E-state index contributed by atoms with van der Waals surface area (Å²) in [5.74, 6) is 0.407. The van der Waals surface area contributed by atoms with Gasteiger partial charge in [0, 0.05) is 41.3 Å². The van der Waals surface area contributed by atoms with Gasteiger partial charge in [0.15, 0.2) is 0 Å². The first-order chi connectivity index (χ1) is 11.6. The van der Waals surface area contributed by atoms with Gasteiger partial charge in [0.2, 0.25) is 0 Å². The number of carbonyl (C=O) groups excluding carboxylic acids is 1. The molecule has 0 amide bonds. The van der Waals surface area contributed by atoms with E-state index in [-0.39, 0.29) is 0 Å². The molecule has 1 heterocycles. The lowest BCUT2D eigenvalue weighted by Crippen LogP contribution is -2.09. The van der Waals surface area contributed by atoms with E-state index in [0.29, 0.717) is 17.1 Å². The van der Waals surface area contributed by atoms with Crippen LogP contribution in [0.4, 0.5) is 0 Å². The lowest BCUT2D eigenvalue weighted by atomic mass is 10.1. The van der Waals surface area contributed by atoms with Gasteiger partial charge in [-0.25, -0.2) is 9.48 Å². The molecule has 0 saturated carbocycles. The van der Waals surface area contributed by atoms with Gasteiger partial charge >= 0.3 is 5.97 Å². The Hall–Kier alpha value is -2.73. The Labute approximate surface area is 142 Å². The zero-order valence-electron chi connectivity index (χ0n) is 13.1. The third-order valence-electron chi connectivity index (χ3n) is 3.33. The lowest BCUT2D eigenvalue weighted by Gasteiger charge is -2.08. The Balaban J connectivity index is 1.78. The van der Waals surface area contributed by atoms with Gasteiger partial charge in [-0.15, -0.1) is 0 Å². The second kappa shape index (κ2) is 7.23. The van der Waals surface area contributed by atoms with Crippen LogP contribution >= 0.6 is 0 Å². The predicted octanol–water partition coefficient (Wildman–Crippen LogP) is 2.97. The highest BCUT2D eigenvalue weighted by Gasteiger charge is 2.10. The summed E-state index contributed by atoms with van der Waals surface area (Å²) in [4.78, 5) is 12.3. The van der Waals surface area contributed by atoms with Crippen molar-refractivity contribution >= 4 is 16.8 Å². The topological polar surface area (TPSA) is 61.2 Å². The van der Waals surface area contributed by atoms with E-state index < -0.39 is 16.8 Å². The summed E-state index contributed by atoms with van der Waals surface area (Å²) in [6.45, 7) is 0. The van der Waals surface area contributed by atoms with E-state index >= 15 is 0 Å². The molecule has 0 aliphatic carbocycles. The van der Waals surface area contributed by atoms with E-state index in [1.165, 1.54) is 0 Å². The van der Waals surface area contributed by atoms with Crippen LogP contribution in [0.2, 0.25) is 0 Å². The highest BCUT2D eigenvalue weighted by Crippen LogP contribution is 2.18. The molecule has 0 aliphatic rings. The Morgan fingerprint density at radius 2 is 2.00 bits per heavy atom. The number of aromatic nitrogens is 2. The van der Waals surface area contributed by atoms with Crippen molar-refractivity contribution in [1.29, 1.82) is 0 Å². The molecule has 0 saturated heterocycles. The van der Waals surface area contributed by atoms with Crippen LogP contribution < -0.4 is 4.74 Å². The first-order valence-electron chi connectivity index (χ1n) is 7.33. The van der Waals surface area contributed by atoms with Gasteiger partial charge in [-0.1, -0.05) is 18.2 Å². The van der Waals surface area contributed by atoms with E-state index in [4.69, 9.17) is 4.74 Å². The summed E-state index contributed by atoms with van der Waals surface area (Å²) in [6.07, 6.45) is 5.13. The Morgan fingerprint density at radius 1 is 1.17 bits per heavy atom. The molecule has 3 aromatic rings. The summed E-state index contributed by atoms with van der Waals surface area (Å²) in [6, 6.07) is 16.0. The van der Waals surface area contributed by atoms with E-state index in [9.17, 15) is 9.00 Å². The Morgan fingerprint density at radius 3 is 2.75 bits per heavy atom. The smallest absolute Gasteiger partial charge is 0.343 e. The molecule has 2 aromatic carbocycles. The number of hydrogen-bond acceptors (Lipinski definition) is 4. The zero-order chi connectivity index (χ0) is 16.9. The number of carbonyl (C=O) groups is 1. The van der Waals surface area contributed by atoms with Crippen LogP contribution in [0, 0.1) is 0 Å². The highest BCUT2D eigenvalue weighted by molar-refractivity contribution is 7.83. The first kappa shape index (κ1) is 16.1. The number of esters is 1. The number of nitrogens with zero attached hydrogens (tertiary/aromatic N) is 2. The molecule has 0 fully saturated rings. The van der Waals surface area contributed by atoms with Crippen LogP contribution in [0.15, 0.2) is 67.0 Å². The third-order valence-corrected chi connectivity index (χ3v) is 4.07. The summed E-state index contributed by atoms with van der Waals surface area (Å²) >= 11 is 0. The van der Waals surface area contributed by atoms with Gasteiger partial charge in [0.25, 0.3) is 0 Å². The SMILES string of the molecule is C[S@@](=O)Cc1cccc(C(=O)Oc2cccc(-n3cccn3)c2)c1. The molecule has 1 atom stereocenters. The normalized spacial score (nSPS) is 11.9. The van der Waals surface area contributed by atoms with Gasteiger partial charge in [-0.3, -0.25) is 4.21 Å². The quantitative estimate of drug-likeness (QED) is 0.529. The maximum Gasteiger partial charge on any atom is 0.343 e. The minimum atomic E-state index is -0.958. The number of ether oxygens (including phenoxy) is 1. The second-order valence-corrected chi connectivity index (χ2v) is 6.69. The van der Waals surface area contributed by atoms with Crippen molar-refractivity contribution in [3.8, 4) is 11.4 Å². The summed E-state index contributed by atoms with van der Waals surface area (Å²) < 4.78 is 18.5. The molecule has 0 N–H and O–H groups in total. The molecular weight excluding hydrogens is 324 g/mol. The van der Waals surface area contributed by atoms with E-state index in [0.717, 1.165) is 11.3 Å². The number of benzene rings is 2. The maximum atomic E-state index is 12.3. The molecule has 0 radical (unpaired) electrons. The average Bonchev–Trinajstić information content (AvgIpc) is 3.09. The van der Waals surface area contributed by atoms with Gasteiger partial charge in [-0.05, 0) is 35.9 Å². The minimum Gasteiger partial charge on any atom is -0.423 e. The van der Waals surface area contributed by atoms with Crippen molar-refractivity contribution in [3.05, 3.63) is 78.1 Å². The molecule has 0 spiro atoms. The van der Waals surface area contributed by atoms with Crippen molar-refractivity contribution in [3.63, 3.8) is 0 Å². The molecular formula is C18H16N2O3S. The zero-order valence-corrected chi connectivity index (χ0v) is 13.9. The fourth-order valence-corrected chi connectivity index (χ4v) is 2.95. The summed E-state index contributed by atoms with van der Waals surface area (Å²) in [5, 5.41) is 4.15. The number of hydrogen-bond donors (Lipinski definition) is 0. The third kappa shape index (κ3) is 3.97. The van der Waals surface area contributed by atoms with Gasteiger partial charge < -0.3 is 4.74 Å². The molecule has 6 heteroatoms. The Bertz CT molecular complexity index is 875. The molecule has 3 rings (SSSR count). The molecule has 122 valence electrons. The first-order valence-corrected chi connectivity index (χ1v) is 9.06. The van der Waals surface area contributed by atoms with Crippen molar-refractivity contribution in [2.45, 2.75) is 5.75 Å². The monoisotopic (exact) mass is 340 g/mol. The lowest BCUT2D eigenvalue weighted by molar-refractivity contribution is 0.0734. The van der Waals surface area contributed by atoms with Crippen LogP contribution in [0.25, 0.3) is 5.69 Å². The molecule has 24 heavy (non-hydrogen) atoms. The van der Waals surface area contributed by atoms with Crippen LogP contribution in [-0.2, 0) is 16.6 Å². The van der Waals surface area contributed by atoms with Gasteiger partial charge in [0.05, 0.1) is 11.3 Å². The second-order valence-electron chi connectivity index (χ2n) is 5.26. The molecule has 0 bridgehead atoms. The predicted molar refractivity (Wildman–Crippen MR) is 92.7 cm³/mol. The van der Waals surface area contributed by atoms with Crippen LogP contribution in [0.5, 0.6) is 5.75 Å². The highest BCUT2D eigenvalue weighted by atomic mass is 32.2. The maximum absolute atomic E-state index is 12.3. The number of rotatable bonds is 5. The van der Waals surface area contributed by atoms with Crippen LogP contribution in [0.1, 0.15) is 15.9 Å².